The van der Waals surface area contributed by atoms with E-state index < -0.39 is 11.6 Å². The number of benzene rings is 1. The first-order chi connectivity index (χ1) is 8.77. The average Bonchev–Trinajstić information content (AvgIpc) is 3.03. The van der Waals surface area contributed by atoms with Crippen LogP contribution in [0.4, 0.5) is 8.78 Å². The summed E-state index contributed by atoms with van der Waals surface area (Å²) in [6.45, 7) is 0.137. The molecule has 0 unspecified atom stereocenters. The molecule has 18 heavy (non-hydrogen) atoms. The molecule has 0 radical (unpaired) electrons. The minimum atomic E-state index is -1.05. The third-order valence-electron chi connectivity index (χ3n) is 2.43. The van der Waals surface area contributed by atoms with E-state index in [1.165, 1.54) is 12.1 Å². The van der Waals surface area contributed by atoms with E-state index in [0.29, 0.717) is 0 Å². The average molecular weight is 249 g/mol. The van der Waals surface area contributed by atoms with Crippen molar-refractivity contribution in [2.24, 2.45) is 15.4 Å². The maximum Gasteiger partial charge on any atom is 0.207 e. The van der Waals surface area contributed by atoms with Gasteiger partial charge in [-0.05, 0) is 22.6 Å². The largest absolute Gasteiger partial charge is 0.207 e. The Kier molecular flexibility index (Phi) is 2.36. The minimum Gasteiger partial charge on any atom is -0.203 e. The van der Waals surface area contributed by atoms with Gasteiger partial charge in [-0.25, -0.2) is 8.78 Å². The lowest BCUT2D eigenvalue weighted by Gasteiger charge is -2.04. The van der Waals surface area contributed by atoms with E-state index in [1.54, 1.807) is 0 Å². The predicted octanol–water partition coefficient (Wildman–Crippen LogP) is 1.31. The van der Waals surface area contributed by atoms with E-state index in [9.17, 15) is 8.78 Å². The highest BCUT2D eigenvalue weighted by Crippen LogP contribution is 2.24. The molecule has 0 amide bonds. The highest BCUT2D eigenvalue weighted by atomic mass is 19.2. The van der Waals surface area contributed by atoms with Gasteiger partial charge in [0.05, 0.1) is 11.3 Å². The highest BCUT2D eigenvalue weighted by molar-refractivity contribution is 6.03. The maximum absolute atomic E-state index is 13.9. The summed E-state index contributed by atoms with van der Waals surface area (Å²) in [6, 6.07) is 2.75. The van der Waals surface area contributed by atoms with Crippen molar-refractivity contribution in [2.45, 2.75) is 0 Å². The smallest absolute Gasteiger partial charge is 0.203 e. The zero-order valence-electron chi connectivity index (χ0n) is 8.80. The molecule has 1 aromatic heterocycles. The van der Waals surface area contributed by atoms with Crippen LogP contribution >= 0.6 is 0 Å². The van der Waals surface area contributed by atoms with Gasteiger partial charge in [-0.1, -0.05) is 0 Å². The summed E-state index contributed by atoms with van der Waals surface area (Å²) in [4.78, 5) is 0. The summed E-state index contributed by atoms with van der Waals surface area (Å²) < 4.78 is 27.7. The van der Waals surface area contributed by atoms with Gasteiger partial charge in [-0.15, -0.1) is 15.3 Å². The van der Waals surface area contributed by atoms with Crippen LogP contribution in [0, 0.1) is 11.6 Å². The van der Waals surface area contributed by atoms with Gasteiger partial charge in [0, 0.05) is 5.56 Å². The topological polar surface area (TPSA) is 91.5 Å². The molecule has 1 aliphatic rings. The van der Waals surface area contributed by atoms with E-state index in [1.807, 2.05) is 0 Å². The summed E-state index contributed by atoms with van der Waals surface area (Å²) >= 11 is 0. The zero-order valence-corrected chi connectivity index (χ0v) is 8.80. The highest BCUT2D eigenvalue weighted by Gasteiger charge is 2.21. The molecule has 0 saturated heterocycles. The molecule has 0 bridgehead atoms. The first kappa shape index (κ1) is 10.6. The number of aromatic nitrogens is 4. The molecule has 0 atom stereocenters. The summed E-state index contributed by atoms with van der Waals surface area (Å²) in [5.74, 6) is -2.09. The first-order valence-corrected chi connectivity index (χ1v) is 4.93. The lowest BCUT2D eigenvalue weighted by molar-refractivity contribution is 0.509. The number of nitrogens with one attached hydrogen (secondary N) is 1. The quantitative estimate of drug-likeness (QED) is 0.869. The van der Waals surface area contributed by atoms with Crippen LogP contribution in [0.3, 0.4) is 0 Å². The van der Waals surface area contributed by atoms with Crippen molar-refractivity contribution in [3.63, 3.8) is 0 Å². The maximum atomic E-state index is 13.9. The van der Waals surface area contributed by atoms with E-state index >= 15 is 0 Å². The fourth-order valence-corrected chi connectivity index (χ4v) is 1.58. The number of aromatic amines is 1. The SMILES string of the molecule is Fc1c(C2=NN=NC2)ccc(-c2nn[nH]n2)c1F. The number of rotatable bonds is 2. The molecule has 0 aliphatic carbocycles. The molecule has 1 aromatic carbocycles. The van der Waals surface area contributed by atoms with Gasteiger partial charge >= 0.3 is 0 Å². The Labute approximate surface area is 98.6 Å². The lowest BCUT2D eigenvalue weighted by atomic mass is 10.1. The molecule has 3 rings (SSSR count). The Morgan fingerprint density at radius 2 is 1.89 bits per heavy atom. The van der Waals surface area contributed by atoms with Crippen LogP contribution in [0.2, 0.25) is 0 Å². The second-order valence-corrected chi connectivity index (χ2v) is 3.46. The first-order valence-electron chi connectivity index (χ1n) is 4.93. The number of H-pyrrole nitrogens is 1. The number of hydrogen-bond donors (Lipinski definition) is 1. The fourth-order valence-electron chi connectivity index (χ4n) is 1.58. The summed E-state index contributed by atoms with van der Waals surface area (Å²) in [5, 5.41) is 23.2. The Bertz CT molecular complexity index is 647. The van der Waals surface area contributed by atoms with Crippen LogP contribution in [0.25, 0.3) is 11.4 Å². The van der Waals surface area contributed by atoms with Crippen LogP contribution < -0.4 is 0 Å². The molecule has 0 fully saturated rings. The van der Waals surface area contributed by atoms with E-state index in [2.05, 4.69) is 36.1 Å². The molecular formula is C9H5F2N7. The van der Waals surface area contributed by atoms with Crippen molar-refractivity contribution in [2.75, 3.05) is 6.54 Å². The number of nitrogens with zero attached hydrogens (tertiary/aromatic N) is 6. The Hall–Kier alpha value is -2.58. The van der Waals surface area contributed by atoms with Gasteiger partial charge in [0.1, 0.15) is 6.54 Å². The van der Waals surface area contributed by atoms with E-state index in [-0.39, 0.29) is 29.2 Å². The van der Waals surface area contributed by atoms with E-state index in [0.717, 1.165) is 0 Å². The molecule has 0 spiro atoms. The minimum absolute atomic E-state index is 0.0133. The monoisotopic (exact) mass is 249 g/mol. The van der Waals surface area contributed by atoms with Gasteiger partial charge in [0.2, 0.25) is 5.82 Å². The second kappa shape index (κ2) is 4.02. The number of hydrogen-bond acceptors (Lipinski definition) is 6. The molecule has 7 nitrogen and oxygen atoms in total. The van der Waals surface area contributed by atoms with Crippen molar-refractivity contribution >= 4 is 5.71 Å². The van der Waals surface area contributed by atoms with Gasteiger partial charge in [0.15, 0.2) is 11.6 Å². The molecule has 1 N–H and O–H groups in total. The lowest BCUT2D eigenvalue weighted by Crippen LogP contribution is -2.07. The van der Waals surface area contributed by atoms with E-state index in [4.69, 9.17) is 0 Å². The normalized spacial score (nSPS) is 14.0. The molecule has 2 heterocycles. The van der Waals surface area contributed by atoms with Crippen molar-refractivity contribution in [3.05, 3.63) is 29.3 Å². The number of tetrazole rings is 1. The summed E-state index contributed by atoms with van der Waals surface area (Å²) in [5.41, 5.74) is 0.244. The zero-order chi connectivity index (χ0) is 12.5. The van der Waals surface area contributed by atoms with Gasteiger partial charge in [-0.3, -0.25) is 0 Å². The molecule has 1 aliphatic heterocycles. The third kappa shape index (κ3) is 1.56. The Morgan fingerprint density at radius 1 is 1.11 bits per heavy atom. The predicted molar refractivity (Wildman–Crippen MR) is 55.8 cm³/mol. The standard InChI is InChI=1S/C9H5F2N7/c10-7-4(6-3-12-16-13-6)1-2-5(8(7)11)9-14-17-18-15-9/h1-2H,3H2,(H,14,15,17,18). The molecule has 9 heteroatoms. The number of halogens is 2. The third-order valence-corrected chi connectivity index (χ3v) is 2.43. The van der Waals surface area contributed by atoms with Crippen molar-refractivity contribution in [1.29, 1.82) is 0 Å². The van der Waals surface area contributed by atoms with Crippen molar-refractivity contribution in [3.8, 4) is 11.4 Å². The van der Waals surface area contributed by atoms with Crippen LogP contribution in [0.1, 0.15) is 5.56 Å². The van der Waals surface area contributed by atoms with Crippen LogP contribution in [-0.4, -0.2) is 32.9 Å². The Morgan fingerprint density at radius 3 is 2.56 bits per heavy atom. The molecule has 90 valence electrons. The van der Waals surface area contributed by atoms with Gasteiger partial charge < -0.3 is 0 Å². The van der Waals surface area contributed by atoms with Gasteiger partial charge in [0.25, 0.3) is 0 Å². The molecule has 2 aromatic rings. The second-order valence-electron chi connectivity index (χ2n) is 3.46. The molecule has 0 saturated carbocycles. The van der Waals surface area contributed by atoms with Crippen molar-refractivity contribution in [1.82, 2.24) is 20.6 Å². The fraction of sp³-hybridized carbons (Fsp3) is 0.111. The van der Waals surface area contributed by atoms with Crippen molar-refractivity contribution < 1.29 is 8.78 Å². The molecular weight excluding hydrogens is 244 g/mol. The van der Waals surface area contributed by atoms with Crippen LogP contribution in [-0.2, 0) is 0 Å². The van der Waals surface area contributed by atoms with Crippen LogP contribution in [0.5, 0.6) is 0 Å². The van der Waals surface area contributed by atoms with Crippen LogP contribution in [0.15, 0.2) is 27.6 Å². The van der Waals surface area contributed by atoms with Gasteiger partial charge in [-0.2, -0.15) is 10.3 Å². The summed E-state index contributed by atoms with van der Waals surface area (Å²) in [7, 11) is 0. The Balaban J connectivity index is 2.09. The summed E-state index contributed by atoms with van der Waals surface area (Å²) in [6.07, 6.45) is 0.